The second kappa shape index (κ2) is 9.31. The highest BCUT2D eigenvalue weighted by Crippen LogP contribution is 2.32. The summed E-state index contributed by atoms with van der Waals surface area (Å²) in [7, 11) is 0. The highest BCUT2D eigenvalue weighted by atomic mass is 19.4. The maximum Gasteiger partial charge on any atom is 0.416 e. The summed E-state index contributed by atoms with van der Waals surface area (Å²) < 4.78 is 59.3. The fraction of sp³-hybridized carbons (Fsp3) is 0.273. The van der Waals surface area contributed by atoms with Gasteiger partial charge in [0.05, 0.1) is 12.0 Å². The molecule has 4 rings (SSSR count). The van der Waals surface area contributed by atoms with Gasteiger partial charge in [0.25, 0.3) is 5.89 Å². The van der Waals surface area contributed by atoms with E-state index >= 15 is 0 Å². The molecule has 0 amide bonds. The average Bonchev–Trinajstić information content (AvgIpc) is 3.29. The lowest BCUT2D eigenvalue weighted by Crippen LogP contribution is -2.16. The topological polar surface area (TPSA) is 101 Å². The van der Waals surface area contributed by atoms with Crippen molar-refractivity contribution in [2.24, 2.45) is 0 Å². The lowest BCUT2D eigenvalue weighted by molar-refractivity contribution is -0.145. The third-order valence-electron chi connectivity index (χ3n) is 4.69. The average molecular weight is 462 g/mol. The van der Waals surface area contributed by atoms with Crippen LogP contribution in [0.15, 0.2) is 47.0 Å². The van der Waals surface area contributed by atoms with E-state index in [2.05, 4.69) is 10.1 Å². The summed E-state index contributed by atoms with van der Waals surface area (Å²) in [6, 6.07) is 9.25. The standard InChI is InChI=1S/C22H17F3N2O6/c23-22(24,25)15-3-1-2-14(10-15)21-26-19(33-27-21)12-32-20(29)7-5-16(28)13-4-6-17-18(11-13)31-9-8-30-17/h1-4,6,10-11H,5,7-9,12H2. The lowest BCUT2D eigenvalue weighted by atomic mass is 10.1. The molecule has 3 aromatic rings. The van der Waals surface area contributed by atoms with Crippen LogP contribution in [-0.2, 0) is 22.3 Å². The van der Waals surface area contributed by atoms with E-state index in [1.54, 1.807) is 18.2 Å². The minimum absolute atomic E-state index is 0.0686. The largest absolute Gasteiger partial charge is 0.486 e. The van der Waals surface area contributed by atoms with E-state index in [0.29, 0.717) is 30.3 Å². The second-order valence-electron chi connectivity index (χ2n) is 7.03. The number of fused-ring (bicyclic) bond motifs is 1. The van der Waals surface area contributed by atoms with Crippen molar-refractivity contribution < 1.29 is 41.5 Å². The first-order chi connectivity index (χ1) is 15.8. The summed E-state index contributed by atoms with van der Waals surface area (Å²) in [5.74, 6) is -0.0629. The summed E-state index contributed by atoms with van der Waals surface area (Å²) >= 11 is 0. The third kappa shape index (κ3) is 5.48. The van der Waals surface area contributed by atoms with Gasteiger partial charge in [-0.1, -0.05) is 17.3 Å². The normalized spacial score (nSPS) is 12.9. The Hall–Kier alpha value is -3.89. The van der Waals surface area contributed by atoms with Crippen LogP contribution in [0, 0.1) is 0 Å². The van der Waals surface area contributed by atoms with Gasteiger partial charge in [-0.15, -0.1) is 0 Å². The van der Waals surface area contributed by atoms with E-state index < -0.39 is 17.7 Å². The van der Waals surface area contributed by atoms with Crippen molar-refractivity contribution >= 4 is 11.8 Å². The monoisotopic (exact) mass is 462 g/mol. The number of halogens is 3. The number of hydrogen-bond acceptors (Lipinski definition) is 8. The molecule has 0 saturated carbocycles. The summed E-state index contributed by atoms with van der Waals surface area (Å²) in [5, 5.41) is 3.62. The van der Waals surface area contributed by atoms with Crippen LogP contribution in [0.1, 0.15) is 34.7 Å². The maximum absolute atomic E-state index is 12.9. The summed E-state index contributed by atoms with van der Waals surface area (Å²) in [6.45, 7) is 0.457. The minimum atomic E-state index is -4.50. The number of ketones is 1. The Morgan fingerprint density at radius 2 is 1.79 bits per heavy atom. The molecule has 0 spiro atoms. The van der Waals surface area contributed by atoms with E-state index in [1.807, 2.05) is 0 Å². The molecule has 0 radical (unpaired) electrons. The van der Waals surface area contributed by atoms with Crippen LogP contribution in [0.25, 0.3) is 11.4 Å². The Labute approximate surface area is 185 Å². The van der Waals surface area contributed by atoms with E-state index in [0.717, 1.165) is 12.1 Å². The molecule has 2 heterocycles. The molecule has 8 nitrogen and oxygen atoms in total. The van der Waals surface area contributed by atoms with Crippen LogP contribution in [0.2, 0.25) is 0 Å². The molecular weight excluding hydrogens is 445 g/mol. The first kappa shape index (κ1) is 22.3. The number of esters is 1. The molecule has 11 heteroatoms. The minimum Gasteiger partial charge on any atom is -0.486 e. The second-order valence-corrected chi connectivity index (χ2v) is 7.03. The van der Waals surface area contributed by atoms with Gasteiger partial charge < -0.3 is 18.7 Å². The van der Waals surface area contributed by atoms with Crippen molar-refractivity contribution in [1.82, 2.24) is 10.1 Å². The summed E-state index contributed by atoms with van der Waals surface area (Å²) in [4.78, 5) is 28.3. The molecule has 0 saturated heterocycles. The molecule has 1 aliphatic heterocycles. The number of hydrogen-bond donors (Lipinski definition) is 0. The van der Waals surface area contributed by atoms with Gasteiger partial charge in [-0.3, -0.25) is 9.59 Å². The third-order valence-corrected chi connectivity index (χ3v) is 4.69. The molecule has 0 bridgehead atoms. The SMILES string of the molecule is O=C(CCC(=O)c1ccc2c(c1)OCCO2)OCc1nc(-c2cccc(C(F)(F)F)c2)no1. The number of benzene rings is 2. The lowest BCUT2D eigenvalue weighted by Gasteiger charge is -2.18. The molecule has 172 valence electrons. The zero-order valence-corrected chi connectivity index (χ0v) is 17.1. The van der Waals surface area contributed by atoms with Crippen LogP contribution >= 0.6 is 0 Å². The number of carbonyl (C=O) groups is 2. The Bertz CT molecular complexity index is 1170. The Morgan fingerprint density at radius 1 is 1.00 bits per heavy atom. The maximum atomic E-state index is 12.9. The van der Waals surface area contributed by atoms with Crippen LogP contribution in [0.5, 0.6) is 11.5 Å². The number of alkyl halides is 3. The van der Waals surface area contributed by atoms with Gasteiger partial charge in [0.1, 0.15) is 13.2 Å². The number of rotatable bonds is 7. The van der Waals surface area contributed by atoms with Crippen LogP contribution in [0.3, 0.4) is 0 Å². The Morgan fingerprint density at radius 3 is 2.58 bits per heavy atom. The van der Waals surface area contributed by atoms with Crippen LogP contribution < -0.4 is 9.47 Å². The van der Waals surface area contributed by atoms with E-state index in [1.165, 1.54) is 12.1 Å². The van der Waals surface area contributed by atoms with Gasteiger partial charge in [-0.2, -0.15) is 18.2 Å². The highest BCUT2D eigenvalue weighted by molar-refractivity contribution is 5.98. The van der Waals surface area contributed by atoms with E-state index in [-0.39, 0.29) is 42.5 Å². The molecule has 1 aliphatic rings. The van der Waals surface area contributed by atoms with E-state index in [9.17, 15) is 22.8 Å². The van der Waals surface area contributed by atoms with Crippen LogP contribution in [0.4, 0.5) is 13.2 Å². The number of Topliss-reactive ketones (excluding diaryl/α,β-unsaturated/α-hetero) is 1. The van der Waals surface area contributed by atoms with Crippen molar-refractivity contribution in [3.8, 4) is 22.9 Å². The molecule has 0 N–H and O–H groups in total. The van der Waals surface area contributed by atoms with Crippen LogP contribution in [-0.4, -0.2) is 35.1 Å². The predicted octanol–water partition coefficient (Wildman–Crippen LogP) is 4.23. The molecule has 2 aromatic carbocycles. The van der Waals surface area contributed by atoms with Gasteiger partial charge >= 0.3 is 12.1 Å². The molecule has 0 unspecified atom stereocenters. The van der Waals surface area contributed by atoms with Crippen molar-refractivity contribution in [3.05, 3.63) is 59.5 Å². The number of carbonyl (C=O) groups excluding carboxylic acids is 2. The predicted molar refractivity (Wildman–Crippen MR) is 106 cm³/mol. The smallest absolute Gasteiger partial charge is 0.416 e. The zero-order chi connectivity index (χ0) is 23.4. The van der Waals surface area contributed by atoms with Crippen molar-refractivity contribution in [2.45, 2.75) is 25.6 Å². The number of nitrogens with zero attached hydrogens (tertiary/aromatic N) is 2. The first-order valence-electron chi connectivity index (χ1n) is 9.88. The van der Waals surface area contributed by atoms with Gasteiger partial charge in [0.2, 0.25) is 5.82 Å². The Kier molecular flexibility index (Phi) is 6.29. The quantitative estimate of drug-likeness (QED) is 0.380. The fourth-order valence-corrected chi connectivity index (χ4v) is 3.06. The van der Waals surface area contributed by atoms with Gasteiger partial charge in [0, 0.05) is 17.5 Å². The van der Waals surface area contributed by atoms with Gasteiger partial charge in [-0.25, -0.2) is 0 Å². The summed E-state index contributed by atoms with van der Waals surface area (Å²) in [5.41, 5.74) is -0.355. The number of aromatic nitrogens is 2. The Balaban J connectivity index is 1.28. The highest BCUT2D eigenvalue weighted by Gasteiger charge is 2.30. The molecule has 33 heavy (non-hydrogen) atoms. The molecule has 0 fully saturated rings. The zero-order valence-electron chi connectivity index (χ0n) is 17.1. The fourth-order valence-electron chi connectivity index (χ4n) is 3.06. The van der Waals surface area contributed by atoms with Crippen molar-refractivity contribution in [1.29, 1.82) is 0 Å². The summed E-state index contributed by atoms with van der Waals surface area (Å²) in [6.07, 6.45) is -4.77. The molecule has 0 aliphatic carbocycles. The molecule has 0 atom stereocenters. The van der Waals surface area contributed by atoms with Gasteiger partial charge in [-0.05, 0) is 30.3 Å². The van der Waals surface area contributed by atoms with E-state index in [4.69, 9.17) is 18.7 Å². The van der Waals surface area contributed by atoms with Crippen molar-refractivity contribution in [3.63, 3.8) is 0 Å². The van der Waals surface area contributed by atoms with Crippen molar-refractivity contribution in [2.75, 3.05) is 13.2 Å². The molecule has 1 aromatic heterocycles. The molecular formula is C22H17F3N2O6. The van der Waals surface area contributed by atoms with Gasteiger partial charge in [0.15, 0.2) is 23.9 Å². The first-order valence-corrected chi connectivity index (χ1v) is 9.88. The number of ether oxygens (including phenoxy) is 3.